The van der Waals surface area contributed by atoms with Crippen molar-refractivity contribution in [1.82, 2.24) is 9.88 Å². The first-order valence-electron chi connectivity index (χ1n) is 6.11. The summed E-state index contributed by atoms with van der Waals surface area (Å²) in [6.45, 7) is 3.33. The molecule has 2 nitrogen and oxygen atoms in total. The molecule has 1 saturated carbocycles. The molecule has 1 aliphatic carbocycles. The molecule has 0 aromatic carbocycles. The molecule has 1 aliphatic rings. The lowest BCUT2D eigenvalue weighted by molar-refractivity contribution is 0.377. The minimum atomic E-state index is 0.669. The minimum absolute atomic E-state index is 0.669. The SMILES string of the molecule is CC(NCc1cccn1C)C1CCCC1. The Morgan fingerprint density at radius 2 is 2.20 bits per heavy atom. The number of rotatable bonds is 4. The van der Waals surface area contributed by atoms with Gasteiger partial charge in [-0.25, -0.2) is 0 Å². The molecule has 84 valence electrons. The van der Waals surface area contributed by atoms with Crippen molar-refractivity contribution in [2.24, 2.45) is 13.0 Å². The third kappa shape index (κ3) is 2.63. The Bertz CT molecular complexity index is 297. The first-order chi connectivity index (χ1) is 7.27. The zero-order chi connectivity index (χ0) is 10.7. The normalized spacial score (nSPS) is 19.6. The van der Waals surface area contributed by atoms with Crippen LogP contribution >= 0.6 is 0 Å². The van der Waals surface area contributed by atoms with E-state index in [9.17, 15) is 0 Å². The van der Waals surface area contributed by atoms with Gasteiger partial charge in [-0.15, -0.1) is 0 Å². The molecule has 2 heteroatoms. The lowest BCUT2D eigenvalue weighted by Crippen LogP contribution is -2.32. The van der Waals surface area contributed by atoms with Crippen molar-refractivity contribution in [3.63, 3.8) is 0 Å². The summed E-state index contributed by atoms with van der Waals surface area (Å²) in [7, 11) is 2.11. The molecular formula is C13H22N2. The average molecular weight is 206 g/mol. The highest BCUT2D eigenvalue weighted by Gasteiger charge is 2.20. The summed E-state index contributed by atoms with van der Waals surface area (Å²) in [6, 6.07) is 4.97. The van der Waals surface area contributed by atoms with Crippen molar-refractivity contribution < 1.29 is 0 Å². The Hall–Kier alpha value is -0.760. The summed E-state index contributed by atoms with van der Waals surface area (Å²) in [5.41, 5.74) is 1.37. The maximum absolute atomic E-state index is 3.65. The fourth-order valence-electron chi connectivity index (χ4n) is 2.57. The Balaban J connectivity index is 1.80. The van der Waals surface area contributed by atoms with Crippen LogP contribution in [-0.4, -0.2) is 10.6 Å². The van der Waals surface area contributed by atoms with Crippen LogP contribution in [0.2, 0.25) is 0 Å². The predicted octanol–water partition coefficient (Wildman–Crippen LogP) is 2.69. The molecule has 1 fully saturated rings. The fraction of sp³-hybridized carbons (Fsp3) is 0.692. The molecule has 0 bridgehead atoms. The zero-order valence-electron chi connectivity index (χ0n) is 9.87. The molecule has 1 heterocycles. The second-order valence-corrected chi connectivity index (χ2v) is 4.82. The van der Waals surface area contributed by atoms with Crippen molar-refractivity contribution in [3.05, 3.63) is 24.0 Å². The summed E-state index contributed by atoms with van der Waals surface area (Å²) in [6.07, 6.45) is 7.81. The van der Waals surface area contributed by atoms with Crippen LogP contribution < -0.4 is 5.32 Å². The van der Waals surface area contributed by atoms with Crippen LogP contribution in [0.15, 0.2) is 18.3 Å². The largest absolute Gasteiger partial charge is 0.353 e. The second kappa shape index (κ2) is 4.84. The first kappa shape index (κ1) is 10.7. The highest BCUT2D eigenvalue weighted by atomic mass is 15.0. The van der Waals surface area contributed by atoms with Gasteiger partial charge >= 0.3 is 0 Å². The molecule has 0 aliphatic heterocycles. The Morgan fingerprint density at radius 3 is 2.80 bits per heavy atom. The Kier molecular flexibility index (Phi) is 3.47. The van der Waals surface area contributed by atoms with Crippen LogP contribution in [0.3, 0.4) is 0 Å². The van der Waals surface area contributed by atoms with Crippen molar-refractivity contribution in [2.75, 3.05) is 0 Å². The van der Waals surface area contributed by atoms with E-state index in [0.717, 1.165) is 12.5 Å². The van der Waals surface area contributed by atoms with E-state index in [4.69, 9.17) is 0 Å². The van der Waals surface area contributed by atoms with E-state index in [1.807, 2.05) is 0 Å². The minimum Gasteiger partial charge on any atom is -0.353 e. The highest BCUT2D eigenvalue weighted by Crippen LogP contribution is 2.27. The Labute approximate surface area is 92.7 Å². The molecule has 0 radical (unpaired) electrons. The van der Waals surface area contributed by atoms with E-state index in [-0.39, 0.29) is 0 Å². The topological polar surface area (TPSA) is 17.0 Å². The van der Waals surface area contributed by atoms with Crippen LogP contribution in [0.5, 0.6) is 0 Å². The van der Waals surface area contributed by atoms with Gasteiger partial charge in [0.2, 0.25) is 0 Å². The van der Waals surface area contributed by atoms with E-state index in [2.05, 4.69) is 42.2 Å². The van der Waals surface area contributed by atoms with Crippen molar-refractivity contribution in [1.29, 1.82) is 0 Å². The number of aryl methyl sites for hydroxylation is 1. The van der Waals surface area contributed by atoms with E-state index >= 15 is 0 Å². The van der Waals surface area contributed by atoms with Gasteiger partial charge in [0.05, 0.1) is 0 Å². The van der Waals surface area contributed by atoms with Crippen molar-refractivity contribution >= 4 is 0 Å². The lowest BCUT2D eigenvalue weighted by Gasteiger charge is -2.20. The quantitative estimate of drug-likeness (QED) is 0.801. The van der Waals surface area contributed by atoms with Gasteiger partial charge in [-0.2, -0.15) is 0 Å². The summed E-state index contributed by atoms with van der Waals surface area (Å²) in [5, 5.41) is 3.65. The van der Waals surface area contributed by atoms with E-state index in [1.54, 1.807) is 0 Å². The molecule has 0 spiro atoms. The molecule has 1 aromatic heterocycles. The number of nitrogens with zero attached hydrogens (tertiary/aromatic N) is 1. The van der Waals surface area contributed by atoms with Gasteiger partial charge in [-0.1, -0.05) is 12.8 Å². The summed E-state index contributed by atoms with van der Waals surface area (Å²) < 4.78 is 2.19. The predicted molar refractivity (Wildman–Crippen MR) is 63.7 cm³/mol. The van der Waals surface area contributed by atoms with E-state index in [0.29, 0.717) is 6.04 Å². The van der Waals surface area contributed by atoms with Crippen LogP contribution in [0, 0.1) is 5.92 Å². The molecule has 0 amide bonds. The van der Waals surface area contributed by atoms with Gasteiger partial charge < -0.3 is 9.88 Å². The van der Waals surface area contributed by atoms with Crippen molar-refractivity contribution in [2.45, 2.75) is 45.2 Å². The Morgan fingerprint density at radius 1 is 1.47 bits per heavy atom. The number of aromatic nitrogens is 1. The lowest BCUT2D eigenvalue weighted by atomic mass is 10.00. The standard InChI is InChI=1S/C13H22N2/c1-11(12-6-3-4-7-12)14-10-13-8-5-9-15(13)2/h5,8-9,11-12,14H,3-4,6-7,10H2,1-2H3. The van der Waals surface area contributed by atoms with Gasteiger partial charge in [0.1, 0.15) is 0 Å². The second-order valence-electron chi connectivity index (χ2n) is 4.82. The van der Waals surface area contributed by atoms with Crippen molar-refractivity contribution in [3.8, 4) is 0 Å². The van der Waals surface area contributed by atoms with Gasteiger partial charge in [-0.3, -0.25) is 0 Å². The molecular weight excluding hydrogens is 184 g/mol. The number of nitrogens with one attached hydrogen (secondary N) is 1. The zero-order valence-corrected chi connectivity index (χ0v) is 9.87. The molecule has 1 N–H and O–H groups in total. The highest BCUT2D eigenvalue weighted by molar-refractivity contribution is 5.06. The first-order valence-corrected chi connectivity index (χ1v) is 6.11. The number of hydrogen-bond acceptors (Lipinski definition) is 1. The third-order valence-corrected chi connectivity index (χ3v) is 3.76. The molecule has 2 rings (SSSR count). The smallest absolute Gasteiger partial charge is 0.0361 e. The summed E-state index contributed by atoms with van der Waals surface area (Å²) >= 11 is 0. The summed E-state index contributed by atoms with van der Waals surface area (Å²) in [5.74, 6) is 0.908. The molecule has 1 atom stereocenters. The van der Waals surface area contributed by atoms with Crippen LogP contribution in [0.4, 0.5) is 0 Å². The van der Waals surface area contributed by atoms with Gasteiger partial charge in [0.25, 0.3) is 0 Å². The molecule has 1 aromatic rings. The number of hydrogen-bond donors (Lipinski definition) is 1. The van der Waals surface area contributed by atoms with Gasteiger partial charge in [0.15, 0.2) is 0 Å². The fourth-order valence-corrected chi connectivity index (χ4v) is 2.57. The van der Waals surface area contributed by atoms with Gasteiger partial charge in [-0.05, 0) is 37.8 Å². The maximum atomic E-state index is 3.65. The van der Waals surface area contributed by atoms with Gasteiger partial charge in [0, 0.05) is 31.5 Å². The third-order valence-electron chi connectivity index (χ3n) is 3.76. The molecule has 0 saturated heterocycles. The van der Waals surface area contributed by atoms with E-state index < -0.39 is 0 Å². The maximum Gasteiger partial charge on any atom is 0.0361 e. The average Bonchev–Trinajstić information content (AvgIpc) is 2.85. The summed E-state index contributed by atoms with van der Waals surface area (Å²) in [4.78, 5) is 0. The molecule has 1 unspecified atom stereocenters. The van der Waals surface area contributed by atoms with E-state index in [1.165, 1.54) is 31.4 Å². The van der Waals surface area contributed by atoms with Crippen LogP contribution in [0.1, 0.15) is 38.3 Å². The monoisotopic (exact) mass is 206 g/mol. The van der Waals surface area contributed by atoms with Crippen LogP contribution in [0.25, 0.3) is 0 Å². The van der Waals surface area contributed by atoms with Crippen LogP contribution in [-0.2, 0) is 13.6 Å². The molecule has 15 heavy (non-hydrogen) atoms.